The van der Waals surface area contributed by atoms with Gasteiger partial charge in [-0.2, -0.15) is 9.78 Å². The highest BCUT2D eigenvalue weighted by atomic mass is 79.9. The fraction of sp³-hybridized carbons (Fsp3) is 0.250. The Morgan fingerprint density at radius 1 is 1.62 bits per heavy atom. The Morgan fingerprint density at radius 3 is 2.94 bits per heavy atom. The predicted molar refractivity (Wildman–Crippen MR) is 57.3 cm³/mol. The van der Waals surface area contributed by atoms with Crippen molar-refractivity contribution in [3.8, 4) is 5.82 Å². The Balaban J connectivity index is 2.39. The standard InChI is InChI=1S/C8H8BrN5O2/c1-4-6(9)7(12-10-4)14-3-5(11-13-14)8(15)16-2/h3H,1-2H3,(H,10,12). The van der Waals surface area contributed by atoms with Crippen LogP contribution in [0.4, 0.5) is 0 Å². The van der Waals surface area contributed by atoms with Gasteiger partial charge in [0.15, 0.2) is 11.5 Å². The van der Waals surface area contributed by atoms with Gasteiger partial charge in [0.05, 0.1) is 17.8 Å². The summed E-state index contributed by atoms with van der Waals surface area (Å²) >= 11 is 3.35. The zero-order chi connectivity index (χ0) is 11.7. The summed E-state index contributed by atoms with van der Waals surface area (Å²) in [6.45, 7) is 1.86. The van der Waals surface area contributed by atoms with Crippen LogP contribution in [0.5, 0.6) is 0 Å². The molecule has 0 aliphatic heterocycles. The third-order valence-electron chi connectivity index (χ3n) is 1.96. The first-order valence-electron chi connectivity index (χ1n) is 4.35. The van der Waals surface area contributed by atoms with Crippen LogP contribution in [0, 0.1) is 6.92 Å². The minimum absolute atomic E-state index is 0.134. The van der Waals surface area contributed by atoms with Crippen LogP contribution in [0.1, 0.15) is 16.2 Å². The number of aryl methyl sites for hydroxylation is 1. The Morgan fingerprint density at radius 2 is 2.38 bits per heavy atom. The molecule has 0 atom stereocenters. The lowest BCUT2D eigenvalue weighted by Crippen LogP contribution is -2.01. The minimum atomic E-state index is -0.533. The Hall–Kier alpha value is -1.70. The maximum absolute atomic E-state index is 11.2. The second-order valence-electron chi connectivity index (χ2n) is 3.03. The number of hydrogen-bond donors (Lipinski definition) is 1. The van der Waals surface area contributed by atoms with Gasteiger partial charge in [0.1, 0.15) is 0 Å². The highest BCUT2D eigenvalue weighted by molar-refractivity contribution is 9.10. The van der Waals surface area contributed by atoms with Gasteiger partial charge in [-0.25, -0.2) is 4.79 Å². The van der Waals surface area contributed by atoms with Gasteiger partial charge in [0.2, 0.25) is 0 Å². The van der Waals surface area contributed by atoms with Crippen molar-refractivity contribution in [3.63, 3.8) is 0 Å². The molecule has 1 N–H and O–H groups in total. The van der Waals surface area contributed by atoms with E-state index in [1.165, 1.54) is 18.0 Å². The molecule has 16 heavy (non-hydrogen) atoms. The Labute approximate surface area is 98.9 Å². The number of carbonyl (C=O) groups is 1. The molecule has 0 spiro atoms. The smallest absolute Gasteiger partial charge is 0.360 e. The normalized spacial score (nSPS) is 10.4. The highest BCUT2D eigenvalue weighted by Gasteiger charge is 2.15. The van der Waals surface area contributed by atoms with E-state index in [1.807, 2.05) is 6.92 Å². The van der Waals surface area contributed by atoms with Gasteiger partial charge in [-0.15, -0.1) is 5.10 Å². The van der Waals surface area contributed by atoms with E-state index < -0.39 is 5.97 Å². The van der Waals surface area contributed by atoms with Crippen molar-refractivity contribution in [1.29, 1.82) is 0 Å². The molecule has 7 nitrogen and oxygen atoms in total. The molecule has 0 aliphatic rings. The first-order valence-corrected chi connectivity index (χ1v) is 5.14. The largest absolute Gasteiger partial charge is 0.464 e. The highest BCUT2D eigenvalue weighted by Crippen LogP contribution is 2.20. The van der Waals surface area contributed by atoms with Crippen LogP contribution in [0.25, 0.3) is 5.82 Å². The van der Waals surface area contributed by atoms with Crippen molar-refractivity contribution in [2.24, 2.45) is 0 Å². The molecule has 0 aromatic carbocycles. The third kappa shape index (κ3) is 1.71. The third-order valence-corrected chi connectivity index (χ3v) is 2.91. The van der Waals surface area contributed by atoms with E-state index in [9.17, 15) is 4.79 Å². The molecule has 84 valence electrons. The number of aromatic amines is 1. The molecule has 2 aromatic heterocycles. The van der Waals surface area contributed by atoms with E-state index in [1.54, 1.807) is 0 Å². The fourth-order valence-electron chi connectivity index (χ4n) is 1.12. The summed E-state index contributed by atoms with van der Waals surface area (Å²) in [5.74, 6) is 0.00906. The summed E-state index contributed by atoms with van der Waals surface area (Å²) in [6, 6.07) is 0. The molecular formula is C8H8BrN5O2. The zero-order valence-electron chi connectivity index (χ0n) is 8.56. The van der Waals surface area contributed by atoms with E-state index in [4.69, 9.17) is 0 Å². The van der Waals surface area contributed by atoms with Crippen molar-refractivity contribution in [3.05, 3.63) is 22.1 Å². The SMILES string of the molecule is COC(=O)c1cn(-c2n[nH]c(C)c2Br)nn1. The second-order valence-corrected chi connectivity index (χ2v) is 3.82. The number of esters is 1. The molecule has 2 heterocycles. The lowest BCUT2D eigenvalue weighted by Gasteiger charge is -1.93. The van der Waals surface area contributed by atoms with Crippen LogP contribution >= 0.6 is 15.9 Å². The predicted octanol–water partition coefficient (Wildman–Crippen LogP) is 0.848. The maximum atomic E-state index is 11.2. The minimum Gasteiger partial charge on any atom is -0.464 e. The number of carbonyl (C=O) groups excluding carboxylic acids is 1. The fourth-order valence-corrected chi connectivity index (χ4v) is 1.48. The molecule has 2 aromatic rings. The van der Waals surface area contributed by atoms with Crippen LogP contribution in [-0.2, 0) is 4.74 Å². The van der Waals surface area contributed by atoms with E-state index in [2.05, 4.69) is 41.2 Å². The number of H-pyrrole nitrogens is 1. The van der Waals surface area contributed by atoms with Crippen molar-refractivity contribution in [2.45, 2.75) is 6.92 Å². The topological polar surface area (TPSA) is 85.7 Å². The van der Waals surface area contributed by atoms with Crippen LogP contribution in [-0.4, -0.2) is 38.3 Å². The monoisotopic (exact) mass is 285 g/mol. The molecule has 2 rings (SSSR count). The number of nitrogens with one attached hydrogen (secondary N) is 1. The van der Waals surface area contributed by atoms with Crippen LogP contribution in [0.3, 0.4) is 0 Å². The van der Waals surface area contributed by atoms with Crippen molar-refractivity contribution < 1.29 is 9.53 Å². The molecule has 0 amide bonds. The summed E-state index contributed by atoms with van der Waals surface area (Å²) in [4.78, 5) is 11.2. The summed E-state index contributed by atoms with van der Waals surface area (Å²) in [5.41, 5.74) is 1.00. The van der Waals surface area contributed by atoms with E-state index in [-0.39, 0.29) is 5.69 Å². The number of nitrogens with zero attached hydrogens (tertiary/aromatic N) is 4. The average Bonchev–Trinajstić information content (AvgIpc) is 2.87. The molecule has 8 heteroatoms. The first kappa shape index (κ1) is 10.8. The van der Waals surface area contributed by atoms with Crippen LogP contribution < -0.4 is 0 Å². The van der Waals surface area contributed by atoms with Gasteiger partial charge in [0.25, 0.3) is 0 Å². The molecule has 0 aliphatic carbocycles. The number of aromatic nitrogens is 5. The lowest BCUT2D eigenvalue weighted by atomic mass is 10.4. The van der Waals surface area contributed by atoms with E-state index in [0.717, 1.165) is 10.2 Å². The molecule has 0 radical (unpaired) electrons. The van der Waals surface area contributed by atoms with Gasteiger partial charge in [-0.05, 0) is 22.9 Å². The van der Waals surface area contributed by atoms with Crippen LogP contribution in [0.15, 0.2) is 10.7 Å². The maximum Gasteiger partial charge on any atom is 0.360 e. The van der Waals surface area contributed by atoms with Gasteiger partial charge in [0, 0.05) is 5.69 Å². The van der Waals surface area contributed by atoms with Gasteiger partial charge < -0.3 is 4.74 Å². The quantitative estimate of drug-likeness (QED) is 0.827. The average molecular weight is 286 g/mol. The summed E-state index contributed by atoms with van der Waals surface area (Å²) in [5, 5.41) is 14.3. The van der Waals surface area contributed by atoms with Crippen molar-refractivity contribution in [1.82, 2.24) is 25.2 Å². The molecule has 0 saturated heterocycles. The number of rotatable bonds is 2. The first-order chi connectivity index (χ1) is 7.63. The van der Waals surface area contributed by atoms with Gasteiger partial charge in [-0.3, -0.25) is 5.10 Å². The molecule has 0 fully saturated rings. The molecule has 0 bridgehead atoms. The van der Waals surface area contributed by atoms with Crippen LogP contribution in [0.2, 0.25) is 0 Å². The number of methoxy groups -OCH3 is 1. The number of halogens is 1. The molecule has 0 unspecified atom stereocenters. The van der Waals surface area contributed by atoms with E-state index >= 15 is 0 Å². The van der Waals surface area contributed by atoms with Crippen molar-refractivity contribution in [2.75, 3.05) is 7.11 Å². The summed E-state index contributed by atoms with van der Waals surface area (Å²) in [6.07, 6.45) is 1.45. The number of ether oxygens (including phenoxy) is 1. The Bertz CT molecular complexity index is 532. The van der Waals surface area contributed by atoms with Crippen molar-refractivity contribution >= 4 is 21.9 Å². The number of hydrogen-bond acceptors (Lipinski definition) is 5. The second kappa shape index (κ2) is 4.05. The Kier molecular flexibility index (Phi) is 2.73. The zero-order valence-corrected chi connectivity index (χ0v) is 10.1. The van der Waals surface area contributed by atoms with Gasteiger partial charge in [-0.1, -0.05) is 5.21 Å². The summed E-state index contributed by atoms with van der Waals surface area (Å²) < 4.78 is 6.69. The van der Waals surface area contributed by atoms with E-state index in [0.29, 0.717) is 5.82 Å². The van der Waals surface area contributed by atoms with Gasteiger partial charge >= 0.3 is 5.97 Å². The lowest BCUT2D eigenvalue weighted by molar-refractivity contribution is 0.0594. The summed E-state index contributed by atoms with van der Waals surface area (Å²) in [7, 11) is 1.29. The molecule has 0 saturated carbocycles. The molecular weight excluding hydrogens is 278 g/mol.